The van der Waals surface area contributed by atoms with Crippen LogP contribution < -0.4 is 16.0 Å². The molecule has 3 N–H and O–H groups in total. The van der Waals surface area contributed by atoms with Crippen LogP contribution in [0.2, 0.25) is 0 Å². The Balaban J connectivity index is 1.63. The third kappa shape index (κ3) is 5.94. The second-order valence-corrected chi connectivity index (χ2v) is 7.69. The number of benzene rings is 2. The summed E-state index contributed by atoms with van der Waals surface area (Å²) < 4.78 is 0. The smallest absolute Gasteiger partial charge is 0.251 e. The number of hydrogen-bond acceptors (Lipinski definition) is 3. The van der Waals surface area contributed by atoms with Gasteiger partial charge in [-0.2, -0.15) is 0 Å². The SMILES string of the molecule is CNC(=O)/C=C/CNC(=O)CC1=CCCC=C1C(=O)NC(C)c1cccc2ccccc12. The average molecular weight is 432 g/mol. The maximum Gasteiger partial charge on any atom is 0.251 e. The largest absolute Gasteiger partial charge is 0.356 e. The van der Waals surface area contributed by atoms with Crippen LogP contribution in [0.4, 0.5) is 0 Å². The Kier molecular flexibility index (Phi) is 7.97. The molecule has 6 heteroatoms. The zero-order valence-electron chi connectivity index (χ0n) is 18.5. The van der Waals surface area contributed by atoms with Gasteiger partial charge in [-0.1, -0.05) is 60.7 Å². The molecule has 1 atom stereocenters. The lowest BCUT2D eigenvalue weighted by atomic mass is 9.93. The van der Waals surface area contributed by atoms with Crippen LogP contribution in [0, 0.1) is 0 Å². The maximum absolute atomic E-state index is 13.1. The van der Waals surface area contributed by atoms with E-state index in [1.165, 1.54) is 6.08 Å². The minimum atomic E-state index is -0.226. The molecule has 0 spiro atoms. The van der Waals surface area contributed by atoms with E-state index in [0.717, 1.165) is 34.8 Å². The van der Waals surface area contributed by atoms with Gasteiger partial charge in [-0.3, -0.25) is 14.4 Å². The lowest BCUT2D eigenvalue weighted by Crippen LogP contribution is -2.31. The highest BCUT2D eigenvalue weighted by Gasteiger charge is 2.21. The topological polar surface area (TPSA) is 87.3 Å². The van der Waals surface area contributed by atoms with Gasteiger partial charge >= 0.3 is 0 Å². The summed E-state index contributed by atoms with van der Waals surface area (Å²) in [6.07, 6.45) is 8.50. The van der Waals surface area contributed by atoms with E-state index in [9.17, 15) is 14.4 Å². The number of hydrogen-bond donors (Lipinski definition) is 3. The summed E-state index contributed by atoms with van der Waals surface area (Å²) in [5.41, 5.74) is 2.34. The van der Waals surface area contributed by atoms with Crippen molar-refractivity contribution in [2.24, 2.45) is 0 Å². The second kappa shape index (κ2) is 11.1. The van der Waals surface area contributed by atoms with Crippen molar-refractivity contribution in [2.75, 3.05) is 13.6 Å². The predicted molar refractivity (Wildman–Crippen MR) is 127 cm³/mol. The molecule has 0 saturated heterocycles. The molecule has 0 heterocycles. The minimum absolute atomic E-state index is 0.121. The van der Waals surface area contributed by atoms with Crippen molar-refractivity contribution >= 4 is 28.5 Å². The van der Waals surface area contributed by atoms with Gasteiger partial charge in [0.15, 0.2) is 0 Å². The molecule has 2 aromatic rings. The van der Waals surface area contributed by atoms with Gasteiger partial charge in [0.05, 0.1) is 12.5 Å². The molecule has 0 aliphatic heterocycles. The first-order chi connectivity index (χ1) is 15.5. The number of carbonyl (C=O) groups is 3. The molecule has 32 heavy (non-hydrogen) atoms. The maximum atomic E-state index is 13.1. The van der Waals surface area contributed by atoms with Gasteiger partial charge < -0.3 is 16.0 Å². The monoisotopic (exact) mass is 431 g/mol. The van der Waals surface area contributed by atoms with Crippen LogP contribution in [0.15, 0.2) is 77.9 Å². The summed E-state index contributed by atoms with van der Waals surface area (Å²) in [5.74, 6) is -0.597. The van der Waals surface area contributed by atoms with Gasteiger partial charge in [-0.15, -0.1) is 0 Å². The lowest BCUT2D eigenvalue weighted by Gasteiger charge is -2.20. The first-order valence-electron chi connectivity index (χ1n) is 10.8. The molecule has 1 aliphatic carbocycles. The normalized spacial score (nSPS) is 14.4. The van der Waals surface area contributed by atoms with Crippen molar-refractivity contribution in [3.63, 3.8) is 0 Å². The van der Waals surface area contributed by atoms with E-state index in [2.05, 4.69) is 34.1 Å². The molecule has 1 unspecified atom stereocenters. The van der Waals surface area contributed by atoms with E-state index >= 15 is 0 Å². The van der Waals surface area contributed by atoms with Crippen LogP contribution in [0.3, 0.4) is 0 Å². The molecule has 0 aromatic heterocycles. The highest BCUT2D eigenvalue weighted by Crippen LogP contribution is 2.26. The molecule has 0 bridgehead atoms. The summed E-state index contributed by atoms with van der Waals surface area (Å²) in [7, 11) is 1.54. The number of likely N-dealkylation sites (N-methyl/N-ethyl adjacent to an activating group) is 1. The fraction of sp³-hybridized carbons (Fsp3) is 0.269. The van der Waals surface area contributed by atoms with Gasteiger partial charge in [0.2, 0.25) is 11.8 Å². The van der Waals surface area contributed by atoms with Crippen molar-refractivity contribution in [1.82, 2.24) is 16.0 Å². The Morgan fingerprint density at radius 3 is 2.59 bits per heavy atom. The molecule has 3 rings (SSSR count). The molecule has 166 valence electrons. The van der Waals surface area contributed by atoms with E-state index in [-0.39, 0.29) is 36.7 Å². The highest BCUT2D eigenvalue weighted by atomic mass is 16.2. The molecule has 0 saturated carbocycles. The number of allylic oxidation sites excluding steroid dienone is 2. The third-order valence-electron chi connectivity index (χ3n) is 5.42. The van der Waals surface area contributed by atoms with Crippen molar-refractivity contribution in [2.45, 2.75) is 32.2 Å². The Morgan fingerprint density at radius 2 is 1.78 bits per heavy atom. The number of amides is 3. The standard InChI is InChI=1S/C26H29N3O3/c1-18(21-14-7-11-19-9-3-5-12-22(19)21)29-26(32)23-13-6-4-10-20(23)17-25(31)28-16-8-15-24(30)27-2/h3,5,7-15,18H,4,6,16-17H2,1-2H3,(H,27,30)(H,28,31)(H,29,32)/b15-8+. The summed E-state index contributed by atoms with van der Waals surface area (Å²) in [6, 6.07) is 14.0. The molecule has 6 nitrogen and oxygen atoms in total. The number of rotatable bonds is 8. The van der Waals surface area contributed by atoms with Crippen molar-refractivity contribution < 1.29 is 14.4 Å². The van der Waals surface area contributed by atoms with Crippen molar-refractivity contribution in [1.29, 1.82) is 0 Å². The predicted octanol–water partition coefficient (Wildman–Crippen LogP) is 3.47. The average Bonchev–Trinajstić information content (AvgIpc) is 2.81. The molecular weight excluding hydrogens is 402 g/mol. The van der Waals surface area contributed by atoms with Crippen LogP contribution in [-0.4, -0.2) is 31.3 Å². The van der Waals surface area contributed by atoms with Gasteiger partial charge in [-0.05, 0) is 41.7 Å². The van der Waals surface area contributed by atoms with Gasteiger partial charge in [0.25, 0.3) is 5.91 Å². The Labute approximate surface area is 188 Å². The quantitative estimate of drug-likeness (QED) is 0.560. The zero-order chi connectivity index (χ0) is 22.9. The van der Waals surface area contributed by atoms with E-state index < -0.39 is 0 Å². The van der Waals surface area contributed by atoms with E-state index in [4.69, 9.17) is 0 Å². The summed E-state index contributed by atoms with van der Waals surface area (Å²) in [6.45, 7) is 2.22. The number of carbonyl (C=O) groups excluding carboxylic acids is 3. The fourth-order valence-electron chi connectivity index (χ4n) is 3.77. The van der Waals surface area contributed by atoms with Gasteiger partial charge in [0, 0.05) is 25.2 Å². The molecule has 2 aromatic carbocycles. The van der Waals surface area contributed by atoms with Crippen LogP contribution in [0.1, 0.15) is 37.8 Å². The Bertz CT molecular complexity index is 1090. The number of fused-ring (bicyclic) bond motifs is 1. The van der Waals surface area contributed by atoms with Crippen LogP contribution in [0.5, 0.6) is 0 Å². The molecule has 0 radical (unpaired) electrons. The summed E-state index contributed by atoms with van der Waals surface area (Å²) in [4.78, 5) is 36.6. The Hall–Kier alpha value is -3.67. The van der Waals surface area contributed by atoms with Crippen LogP contribution >= 0.6 is 0 Å². The van der Waals surface area contributed by atoms with E-state index in [1.54, 1.807) is 13.1 Å². The lowest BCUT2D eigenvalue weighted by molar-refractivity contribution is -0.120. The fourth-order valence-corrected chi connectivity index (χ4v) is 3.77. The molecule has 0 fully saturated rings. The summed E-state index contributed by atoms with van der Waals surface area (Å²) >= 11 is 0. The molecular formula is C26H29N3O3. The van der Waals surface area contributed by atoms with E-state index in [1.807, 2.05) is 43.3 Å². The zero-order valence-corrected chi connectivity index (χ0v) is 18.5. The molecule has 1 aliphatic rings. The molecule has 3 amide bonds. The minimum Gasteiger partial charge on any atom is -0.356 e. The highest BCUT2D eigenvalue weighted by molar-refractivity contribution is 6.00. The van der Waals surface area contributed by atoms with Crippen molar-refractivity contribution in [3.8, 4) is 0 Å². The second-order valence-electron chi connectivity index (χ2n) is 7.69. The first kappa shape index (κ1) is 23.0. The van der Waals surface area contributed by atoms with Gasteiger partial charge in [-0.25, -0.2) is 0 Å². The summed E-state index contributed by atoms with van der Waals surface area (Å²) in [5, 5.41) is 10.6. The Morgan fingerprint density at radius 1 is 1.03 bits per heavy atom. The van der Waals surface area contributed by atoms with Gasteiger partial charge in [0.1, 0.15) is 0 Å². The van der Waals surface area contributed by atoms with Crippen molar-refractivity contribution in [3.05, 3.63) is 83.5 Å². The van der Waals surface area contributed by atoms with Crippen LogP contribution in [-0.2, 0) is 14.4 Å². The first-order valence-corrected chi connectivity index (χ1v) is 10.8. The third-order valence-corrected chi connectivity index (χ3v) is 5.42. The number of nitrogens with one attached hydrogen (secondary N) is 3. The van der Waals surface area contributed by atoms with E-state index in [0.29, 0.717) is 5.57 Å². The van der Waals surface area contributed by atoms with Crippen LogP contribution in [0.25, 0.3) is 10.8 Å².